The van der Waals surface area contributed by atoms with Crippen LogP contribution in [0.2, 0.25) is 0 Å². The minimum Gasteiger partial charge on any atom is -0.464 e. The summed E-state index contributed by atoms with van der Waals surface area (Å²) in [6, 6.07) is 0. The second-order valence-corrected chi connectivity index (χ2v) is 9.66. The predicted octanol–water partition coefficient (Wildman–Crippen LogP) is 0.183. The lowest BCUT2D eigenvalue weighted by Crippen LogP contribution is -2.45. The van der Waals surface area contributed by atoms with Gasteiger partial charge in [-0.1, -0.05) is 0 Å². The van der Waals surface area contributed by atoms with Crippen molar-refractivity contribution >= 4 is 28.0 Å². The fourth-order valence-electron chi connectivity index (χ4n) is 4.11. The minimum atomic E-state index is -4.26. The first-order valence-electron chi connectivity index (χ1n) is 8.43. The van der Waals surface area contributed by atoms with Gasteiger partial charge in [-0.3, -0.25) is 18.9 Å². The van der Waals surface area contributed by atoms with Crippen LogP contribution in [0.4, 0.5) is 0 Å². The van der Waals surface area contributed by atoms with Gasteiger partial charge in [-0.2, -0.15) is 8.42 Å². The van der Waals surface area contributed by atoms with Crippen LogP contribution in [0.1, 0.15) is 27.2 Å². The molecule has 3 rings (SSSR count). The van der Waals surface area contributed by atoms with E-state index in [-0.39, 0.29) is 5.92 Å². The van der Waals surface area contributed by atoms with Crippen molar-refractivity contribution in [3.8, 4) is 0 Å². The Labute approximate surface area is 151 Å². The number of esters is 3. The van der Waals surface area contributed by atoms with Crippen molar-refractivity contribution in [3.63, 3.8) is 0 Å². The molecule has 26 heavy (non-hydrogen) atoms. The Hall–Kier alpha value is -1.68. The fourth-order valence-corrected chi connectivity index (χ4v) is 4.41. The molecule has 2 aliphatic carbocycles. The largest absolute Gasteiger partial charge is 0.464 e. The van der Waals surface area contributed by atoms with E-state index in [1.165, 1.54) is 0 Å². The number of hydrogen-bond donors (Lipinski definition) is 1. The lowest BCUT2D eigenvalue weighted by atomic mass is 9.78. The first kappa shape index (κ1) is 19.1. The van der Waals surface area contributed by atoms with Gasteiger partial charge in [0.15, 0.2) is 0 Å². The zero-order valence-electron chi connectivity index (χ0n) is 14.7. The Balaban J connectivity index is 1.74. The van der Waals surface area contributed by atoms with E-state index in [0.29, 0.717) is 6.42 Å². The molecule has 3 fully saturated rings. The van der Waals surface area contributed by atoms with Crippen LogP contribution in [0.25, 0.3) is 0 Å². The van der Waals surface area contributed by atoms with Crippen LogP contribution in [-0.4, -0.2) is 55.4 Å². The van der Waals surface area contributed by atoms with Crippen LogP contribution in [0.15, 0.2) is 0 Å². The smallest absolute Gasteiger partial charge is 0.311 e. The van der Waals surface area contributed by atoms with Crippen molar-refractivity contribution in [2.45, 2.75) is 39.4 Å². The van der Waals surface area contributed by atoms with E-state index in [4.69, 9.17) is 18.8 Å². The Kier molecular flexibility index (Phi) is 4.55. The van der Waals surface area contributed by atoms with Gasteiger partial charge in [-0.25, -0.2) is 0 Å². The molecule has 1 aliphatic heterocycles. The highest BCUT2D eigenvalue weighted by molar-refractivity contribution is 7.85. The Morgan fingerprint density at radius 3 is 2.50 bits per heavy atom. The van der Waals surface area contributed by atoms with Gasteiger partial charge in [-0.05, 0) is 27.2 Å². The van der Waals surface area contributed by atoms with Crippen LogP contribution >= 0.6 is 0 Å². The zero-order valence-corrected chi connectivity index (χ0v) is 15.5. The van der Waals surface area contributed by atoms with E-state index < -0.39 is 75.8 Å². The summed E-state index contributed by atoms with van der Waals surface area (Å²) < 4.78 is 46.1. The van der Waals surface area contributed by atoms with E-state index in [1.54, 1.807) is 20.8 Å². The molecular weight excluding hydrogens is 368 g/mol. The highest BCUT2D eigenvalue weighted by Crippen LogP contribution is 2.59. The topological polar surface area (TPSA) is 133 Å². The van der Waals surface area contributed by atoms with Crippen molar-refractivity contribution < 1.29 is 41.6 Å². The predicted molar refractivity (Wildman–Crippen MR) is 85.2 cm³/mol. The number of ether oxygens (including phenoxy) is 3. The first-order valence-corrected chi connectivity index (χ1v) is 10.0. The van der Waals surface area contributed by atoms with Crippen molar-refractivity contribution in [2.75, 3.05) is 12.4 Å². The standard InChI is InChI=1S/C16H22O9S/c1-16(2,3)15(19)25-12-7-6-8-10(14(18)24-11(8)12)9(7)13(17)23-4-5-26(20,21)22/h7-12H,4-6H2,1-3H3,(H,20,21,22). The average molecular weight is 390 g/mol. The molecule has 0 spiro atoms. The number of rotatable bonds is 5. The molecular formula is C16H22O9S. The normalized spacial score (nSPS) is 35.3. The highest BCUT2D eigenvalue weighted by Gasteiger charge is 2.70. The van der Waals surface area contributed by atoms with Gasteiger partial charge < -0.3 is 14.2 Å². The monoisotopic (exact) mass is 390 g/mol. The van der Waals surface area contributed by atoms with Crippen molar-refractivity contribution in [2.24, 2.45) is 29.1 Å². The number of carbonyl (C=O) groups is 3. The second-order valence-electron chi connectivity index (χ2n) is 8.09. The van der Waals surface area contributed by atoms with E-state index in [0.717, 1.165) is 0 Å². The Morgan fingerprint density at radius 2 is 1.92 bits per heavy atom. The maximum absolute atomic E-state index is 12.4. The molecule has 0 aromatic rings. The van der Waals surface area contributed by atoms with Crippen molar-refractivity contribution in [1.82, 2.24) is 0 Å². The molecule has 9 nitrogen and oxygen atoms in total. The maximum Gasteiger partial charge on any atom is 0.311 e. The SMILES string of the molecule is CC(C)(C)C(=O)OC1C2CC3C1OC(=O)C3C2C(=O)OCCS(=O)(=O)O. The second kappa shape index (κ2) is 6.19. The van der Waals surface area contributed by atoms with E-state index >= 15 is 0 Å². The summed E-state index contributed by atoms with van der Waals surface area (Å²) in [6.45, 7) is 4.59. The molecule has 6 atom stereocenters. The summed E-state index contributed by atoms with van der Waals surface area (Å²) >= 11 is 0. The van der Waals surface area contributed by atoms with Crippen molar-refractivity contribution in [3.05, 3.63) is 0 Å². The van der Waals surface area contributed by atoms with Gasteiger partial charge in [0.05, 0.1) is 17.3 Å². The average Bonchev–Trinajstić information content (AvgIpc) is 3.07. The summed E-state index contributed by atoms with van der Waals surface area (Å²) in [5.41, 5.74) is -0.741. The highest BCUT2D eigenvalue weighted by atomic mass is 32.2. The van der Waals surface area contributed by atoms with Crippen LogP contribution in [0.3, 0.4) is 0 Å². The van der Waals surface area contributed by atoms with Crippen LogP contribution in [0.5, 0.6) is 0 Å². The third-order valence-corrected chi connectivity index (χ3v) is 5.94. The molecule has 146 valence electrons. The molecule has 1 saturated heterocycles. The molecule has 0 amide bonds. The van der Waals surface area contributed by atoms with Gasteiger partial charge in [-0.15, -0.1) is 0 Å². The third kappa shape index (κ3) is 3.32. The summed E-state index contributed by atoms with van der Waals surface area (Å²) in [7, 11) is -4.26. The minimum absolute atomic E-state index is 0.218. The van der Waals surface area contributed by atoms with Gasteiger partial charge in [0, 0.05) is 11.8 Å². The van der Waals surface area contributed by atoms with E-state index in [9.17, 15) is 22.8 Å². The summed E-state index contributed by atoms with van der Waals surface area (Å²) in [4.78, 5) is 36.8. The molecule has 1 N–H and O–H groups in total. The molecule has 0 aromatic carbocycles. The molecule has 2 saturated carbocycles. The lowest BCUT2D eigenvalue weighted by molar-refractivity contribution is -0.172. The fraction of sp³-hybridized carbons (Fsp3) is 0.812. The van der Waals surface area contributed by atoms with E-state index in [1.807, 2.05) is 0 Å². The van der Waals surface area contributed by atoms with Gasteiger partial charge in [0.1, 0.15) is 24.6 Å². The molecule has 6 unspecified atom stereocenters. The molecule has 0 aromatic heterocycles. The zero-order chi connectivity index (χ0) is 19.4. The van der Waals surface area contributed by atoms with Gasteiger partial charge >= 0.3 is 17.9 Å². The number of carbonyl (C=O) groups excluding carboxylic acids is 3. The van der Waals surface area contributed by atoms with E-state index in [2.05, 4.69) is 0 Å². The first-order chi connectivity index (χ1) is 11.9. The Morgan fingerprint density at radius 1 is 1.27 bits per heavy atom. The van der Waals surface area contributed by atoms with Gasteiger partial charge in [0.25, 0.3) is 10.1 Å². The molecule has 1 heterocycles. The molecule has 10 heteroatoms. The quantitative estimate of drug-likeness (QED) is 0.396. The van der Waals surface area contributed by atoms with Gasteiger partial charge in [0.2, 0.25) is 0 Å². The summed E-state index contributed by atoms with van der Waals surface area (Å²) in [6.07, 6.45) is -0.763. The summed E-state index contributed by atoms with van der Waals surface area (Å²) in [5.74, 6) is -4.56. The Bertz CT molecular complexity index is 735. The lowest BCUT2D eigenvalue weighted by Gasteiger charge is -2.32. The maximum atomic E-state index is 12.4. The number of fused-ring (bicyclic) bond motifs is 1. The molecule has 2 bridgehead atoms. The van der Waals surface area contributed by atoms with Crippen LogP contribution in [-0.2, 0) is 38.7 Å². The summed E-state index contributed by atoms with van der Waals surface area (Å²) in [5, 5.41) is 0. The molecule has 0 radical (unpaired) electrons. The third-order valence-electron chi connectivity index (χ3n) is 5.26. The number of hydrogen-bond acceptors (Lipinski definition) is 8. The van der Waals surface area contributed by atoms with Crippen molar-refractivity contribution in [1.29, 1.82) is 0 Å². The molecule has 3 aliphatic rings. The van der Waals surface area contributed by atoms with Crippen LogP contribution < -0.4 is 0 Å². The van der Waals surface area contributed by atoms with Crippen LogP contribution in [0, 0.1) is 29.1 Å².